The number of amides is 2. The fourth-order valence-corrected chi connectivity index (χ4v) is 2.60. The van der Waals surface area contributed by atoms with Crippen molar-refractivity contribution in [2.24, 2.45) is 0 Å². The van der Waals surface area contributed by atoms with Crippen LogP contribution in [0.25, 0.3) is 0 Å². The molecule has 0 fully saturated rings. The summed E-state index contributed by atoms with van der Waals surface area (Å²) in [5.41, 5.74) is 5.26. The summed E-state index contributed by atoms with van der Waals surface area (Å²) in [4.78, 5) is 12.0. The second-order valence-electron chi connectivity index (χ2n) is 5.75. The Morgan fingerprint density at radius 1 is 0.792 bits per heavy atom. The van der Waals surface area contributed by atoms with E-state index in [4.69, 9.17) is 0 Å². The summed E-state index contributed by atoms with van der Waals surface area (Å²) in [6, 6.07) is 25.5. The molecule has 0 aromatic heterocycles. The Hall–Kier alpha value is -3.07. The number of hydrogen-bond donors (Lipinski definition) is 2. The highest BCUT2D eigenvalue weighted by Crippen LogP contribution is 2.19. The van der Waals surface area contributed by atoms with E-state index in [-0.39, 0.29) is 6.03 Å². The highest BCUT2D eigenvalue weighted by atomic mass is 16.2. The number of nitrogens with one attached hydrogen (secondary N) is 2. The summed E-state index contributed by atoms with van der Waals surface area (Å²) in [5.74, 6) is 0. The number of urea groups is 1. The van der Waals surface area contributed by atoms with E-state index in [9.17, 15) is 4.79 Å². The molecule has 0 aliphatic carbocycles. The topological polar surface area (TPSA) is 41.1 Å². The lowest BCUT2D eigenvalue weighted by atomic mass is 10.00. The van der Waals surface area contributed by atoms with Gasteiger partial charge >= 0.3 is 6.03 Å². The molecule has 24 heavy (non-hydrogen) atoms. The molecule has 0 aliphatic heterocycles. The van der Waals surface area contributed by atoms with Gasteiger partial charge in [0.25, 0.3) is 0 Å². The molecule has 0 aliphatic rings. The molecule has 2 N–H and O–H groups in total. The van der Waals surface area contributed by atoms with Gasteiger partial charge in [0.15, 0.2) is 0 Å². The maximum absolute atomic E-state index is 12.0. The molecule has 0 unspecified atom stereocenters. The molecule has 3 rings (SSSR count). The number of para-hydroxylation sites is 1. The maximum Gasteiger partial charge on any atom is 0.323 e. The van der Waals surface area contributed by atoms with Crippen LogP contribution in [-0.2, 0) is 6.42 Å². The summed E-state index contributed by atoms with van der Waals surface area (Å²) in [6.45, 7) is 2.07. The predicted octanol–water partition coefficient (Wildman–Crippen LogP) is 5.23. The number of rotatable bonds is 4. The third-order valence-corrected chi connectivity index (χ3v) is 3.87. The first-order chi connectivity index (χ1) is 11.7. The zero-order chi connectivity index (χ0) is 16.8. The molecule has 0 bridgehead atoms. The molecule has 0 radical (unpaired) electrons. The lowest BCUT2D eigenvalue weighted by Crippen LogP contribution is -2.19. The van der Waals surface area contributed by atoms with Crippen molar-refractivity contribution in [3.05, 3.63) is 95.6 Å². The van der Waals surface area contributed by atoms with Crippen LogP contribution in [0.2, 0.25) is 0 Å². The van der Waals surface area contributed by atoms with Gasteiger partial charge in [0.1, 0.15) is 0 Å². The first-order valence-electron chi connectivity index (χ1n) is 7.97. The Kier molecular flexibility index (Phi) is 4.92. The van der Waals surface area contributed by atoms with Crippen molar-refractivity contribution in [3.63, 3.8) is 0 Å². The standard InChI is InChI=1S/C21H20N2O/c1-16-14-20(23-21(24)22-19-10-6-3-7-11-19)13-12-18(16)15-17-8-4-2-5-9-17/h2-14H,15H2,1H3,(H2,22,23,24). The summed E-state index contributed by atoms with van der Waals surface area (Å²) < 4.78 is 0. The molecule has 0 saturated carbocycles. The van der Waals surface area contributed by atoms with Crippen LogP contribution >= 0.6 is 0 Å². The van der Waals surface area contributed by atoms with E-state index in [1.54, 1.807) is 0 Å². The zero-order valence-electron chi connectivity index (χ0n) is 13.6. The molecular formula is C21H20N2O. The van der Waals surface area contributed by atoms with Crippen LogP contribution in [0.5, 0.6) is 0 Å². The maximum atomic E-state index is 12.0. The minimum absolute atomic E-state index is 0.239. The average molecular weight is 316 g/mol. The van der Waals surface area contributed by atoms with Crippen molar-refractivity contribution in [3.8, 4) is 0 Å². The van der Waals surface area contributed by atoms with Crippen LogP contribution in [-0.4, -0.2) is 6.03 Å². The van der Waals surface area contributed by atoms with Gasteiger partial charge in [-0.15, -0.1) is 0 Å². The van der Waals surface area contributed by atoms with Crippen molar-refractivity contribution in [2.45, 2.75) is 13.3 Å². The summed E-state index contributed by atoms with van der Waals surface area (Å²) in [7, 11) is 0. The zero-order valence-corrected chi connectivity index (χ0v) is 13.6. The van der Waals surface area contributed by atoms with Crippen LogP contribution in [0, 0.1) is 6.92 Å². The van der Waals surface area contributed by atoms with Gasteiger partial charge in [0.05, 0.1) is 0 Å². The van der Waals surface area contributed by atoms with Crippen LogP contribution in [0.3, 0.4) is 0 Å². The minimum atomic E-state index is -0.239. The van der Waals surface area contributed by atoms with E-state index in [0.717, 1.165) is 23.4 Å². The molecule has 3 nitrogen and oxygen atoms in total. The molecule has 0 atom stereocenters. The van der Waals surface area contributed by atoms with E-state index in [2.05, 4.69) is 47.9 Å². The van der Waals surface area contributed by atoms with Crippen LogP contribution in [0.15, 0.2) is 78.9 Å². The Bertz CT molecular complexity index is 814. The largest absolute Gasteiger partial charge is 0.323 e. The number of carbonyl (C=O) groups is 1. The van der Waals surface area contributed by atoms with Crippen molar-refractivity contribution in [1.29, 1.82) is 0 Å². The van der Waals surface area contributed by atoms with Crippen molar-refractivity contribution >= 4 is 17.4 Å². The fraction of sp³-hybridized carbons (Fsp3) is 0.0952. The normalized spacial score (nSPS) is 10.2. The monoisotopic (exact) mass is 316 g/mol. The second kappa shape index (κ2) is 7.47. The van der Waals surface area contributed by atoms with Gasteiger partial charge in [-0.1, -0.05) is 54.6 Å². The third kappa shape index (κ3) is 4.23. The second-order valence-corrected chi connectivity index (χ2v) is 5.75. The van der Waals surface area contributed by atoms with Gasteiger partial charge in [-0.2, -0.15) is 0 Å². The minimum Gasteiger partial charge on any atom is -0.308 e. The van der Waals surface area contributed by atoms with Gasteiger partial charge in [-0.3, -0.25) is 0 Å². The van der Waals surface area contributed by atoms with E-state index < -0.39 is 0 Å². The molecular weight excluding hydrogens is 296 g/mol. The Morgan fingerprint density at radius 3 is 2.08 bits per heavy atom. The SMILES string of the molecule is Cc1cc(NC(=O)Nc2ccccc2)ccc1Cc1ccccc1. The first kappa shape index (κ1) is 15.8. The quantitative estimate of drug-likeness (QED) is 0.680. The van der Waals surface area contributed by atoms with Crippen molar-refractivity contribution in [2.75, 3.05) is 10.6 Å². The van der Waals surface area contributed by atoms with Gasteiger partial charge in [-0.25, -0.2) is 4.79 Å². The number of anilines is 2. The highest BCUT2D eigenvalue weighted by molar-refractivity contribution is 5.99. The molecule has 120 valence electrons. The molecule has 0 spiro atoms. The number of aryl methyl sites for hydroxylation is 1. The highest BCUT2D eigenvalue weighted by Gasteiger charge is 2.05. The molecule has 2 amide bonds. The average Bonchev–Trinajstić information content (AvgIpc) is 2.59. The van der Waals surface area contributed by atoms with E-state index in [0.29, 0.717) is 0 Å². The van der Waals surface area contributed by atoms with Gasteiger partial charge < -0.3 is 10.6 Å². The summed E-state index contributed by atoms with van der Waals surface area (Å²) in [5, 5.41) is 5.69. The van der Waals surface area contributed by atoms with E-state index in [1.807, 2.05) is 48.5 Å². The molecule has 3 heteroatoms. The molecule has 3 aromatic rings. The molecule has 0 heterocycles. The fourth-order valence-electron chi connectivity index (χ4n) is 2.60. The van der Waals surface area contributed by atoms with Gasteiger partial charge in [-0.05, 0) is 54.3 Å². The third-order valence-electron chi connectivity index (χ3n) is 3.87. The van der Waals surface area contributed by atoms with E-state index >= 15 is 0 Å². The van der Waals surface area contributed by atoms with Crippen molar-refractivity contribution in [1.82, 2.24) is 0 Å². The van der Waals surface area contributed by atoms with Gasteiger partial charge in [0.2, 0.25) is 0 Å². The predicted molar refractivity (Wildman–Crippen MR) is 99.5 cm³/mol. The van der Waals surface area contributed by atoms with Crippen LogP contribution in [0.1, 0.15) is 16.7 Å². The Labute approximate surface area is 142 Å². The molecule has 3 aromatic carbocycles. The Balaban J connectivity index is 1.65. The summed E-state index contributed by atoms with van der Waals surface area (Å²) in [6.07, 6.45) is 0.892. The Morgan fingerprint density at radius 2 is 1.42 bits per heavy atom. The smallest absolute Gasteiger partial charge is 0.308 e. The van der Waals surface area contributed by atoms with Crippen molar-refractivity contribution < 1.29 is 4.79 Å². The van der Waals surface area contributed by atoms with Crippen LogP contribution < -0.4 is 10.6 Å². The number of carbonyl (C=O) groups excluding carboxylic acids is 1. The molecule has 0 saturated heterocycles. The van der Waals surface area contributed by atoms with Gasteiger partial charge in [0, 0.05) is 11.4 Å². The lowest BCUT2D eigenvalue weighted by Gasteiger charge is -2.11. The first-order valence-corrected chi connectivity index (χ1v) is 7.97. The van der Waals surface area contributed by atoms with E-state index in [1.165, 1.54) is 11.1 Å². The summed E-state index contributed by atoms with van der Waals surface area (Å²) >= 11 is 0. The van der Waals surface area contributed by atoms with Crippen LogP contribution in [0.4, 0.5) is 16.2 Å². The number of benzene rings is 3. The lowest BCUT2D eigenvalue weighted by molar-refractivity contribution is 0.262. The number of hydrogen-bond acceptors (Lipinski definition) is 1.